The standard InChI is InChI=1S/C13H26/c1-4-6-7-8-9-10-12-13(3)11-5-2/h6-7,13H,4-5,8-12H2,1-3H3. The zero-order valence-electron chi connectivity index (χ0n) is 9.68. The van der Waals surface area contributed by atoms with Crippen LogP contribution in [0.2, 0.25) is 0 Å². The molecule has 0 amide bonds. The summed E-state index contributed by atoms with van der Waals surface area (Å²) in [5, 5.41) is 0. The summed E-state index contributed by atoms with van der Waals surface area (Å²) in [6.45, 7) is 6.85. The van der Waals surface area contributed by atoms with Gasteiger partial charge in [0.05, 0.1) is 0 Å². The molecular formula is C13H26. The number of hydrogen-bond acceptors (Lipinski definition) is 0. The molecule has 0 rings (SSSR count). The van der Waals surface area contributed by atoms with E-state index in [9.17, 15) is 0 Å². The molecule has 0 radical (unpaired) electrons. The zero-order chi connectivity index (χ0) is 9.94. The van der Waals surface area contributed by atoms with E-state index in [0.29, 0.717) is 0 Å². The predicted octanol–water partition coefficient (Wildman–Crippen LogP) is 4.95. The van der Waals surface area contributed by atoms with Crippen molar-refractivity contribution < 1.29 is 0 Å². The van der Waals surface area contributed by atoms with Gasteiger partial charge in [0, 0.05) is 0 Å². The Balaban J connectivity index is 3.10. The van der Waals surface area contributed by atoms with Crippen molar-refractivity contribution in [3.05, 3.63) is 12.2 Å². The van der Waals surface area contributed by atoms with Crippen LogP contribution in [0.3, 0.4) is 0 Å². The van der Waals surface area contributed by atoms with Crippen molar-refractivity contribution in [1.29, 1.82) is 0 Å². The van der Waals surface area contributed by atoms with Gasteiger partial charge in [-0.25, -0.2) is 0 Å². The van der Waals surface area contributed by atoms with E-state index in [1.165, 1.54) is 44.9 Å². The first kappa shape index (κ1) is 12.7. The molecule has 0 nitrogen and oxygen atoms in total. The Kier molecular flexibility index (Phi) is 9.63. The van der Waals surface area contributed by atoms with Crippen LogP contribution < -0.4 is 0 Å². The largest absolute Gasteiger partial charge is 0.0888 e. The molecule has 0 heteroatoms. The molecule has 0 aliphatic carbocycles. The van der Waals surface area contributed by atoms with E-state index in [4.69, 9.17) is 0 Å². The number of unbranched alkanes of at least 4 members (excludes halogenated alkanes) is 2. The Bertz CT molecular complexity index is 113. The maximum absolute atomic E-state index is 2.38. The van der Waals surface area contributed by atoms with E-state index in [1.807, 2.05) is 0 Å². The molecular weight excluding hydrogens is 156 g/mol. The second kappa shape index (κ2) is 9.83. The molecule has 13 heavy (non-hydrogen) atoms. The molecule has 0 heterocycles. The van der Waals surface area contributed by atoms with Gasteiger partial charge in [-0.1, -0.05) is 58.6 Å². The Morgan fingerprint density at radius 1 is 1.00 bits per heavy atom. The molecule has 78 valence electrons. The maximum atomic E-state index is 2.38. The fraction of sp³-hybridized carbons (Fsp3) is 0.846. The fourth-order valence-corrected chi connectivity index (χ4v) is 1.68. The van der Waals surface area contributed by atoms with Crippen molar-refractivity contribution in [2.45, 2.75) is 65.7 Å². The lowest BCUT2D eigenvalue weighted by molar-refractivity contribution is 0.462. The number of hydrogen-bond donors (Lipinski definition) is 0. The molecule has 1 unspecified atom stereocenters. The van der Waals surface area contributed by atoms with Crippen molar-refractivity contribution in [3.8, 4) is 0 Å². The fourth-order valence-electron chi connectivity index (χ4n) is 1.68. The van der Waals surface area contributed by atoms with Crippen LogP contribution in [0.25, 0.3) is 0 Å². The van der Waals surface area contributed by atoms with Crippen molar-refractivity contribution in [3.63, 3.8) is 0 Å². The molecule has 0 aliphatic rings. The molecule has 0 aromatic heterocycles. The Morgan fingerprint density at radius 3 is 2.38 bits per heavy atom. The third-order valence-corrected chi connectivity index (χ3v) is 2.50. The smallest absolute Gasteiger partial charge is 0.0351 e. The van der Waals surface area contributed by atoms with Crippen LogP contribution in [-0.2, 0) is 0 Å². The van der Waals surface area contributed by atoms with E-state index in [-0.39, 0.29) is 0 Å². The summed E-state index contributed by atoms with van der Waals surface area (Å²) in [6.07, 6.45) is 14.0. The van der Waals surface area contributed by atoms with Crippen LogP contribution in [0.15, 0.2) is 12.2 Å². The second-order valence-electron chi connectivity index (χ2n) is 4.06. The molecule has 0 saturated heterocycles. The third-order valence-electron chi connectivity index (χ3n) is 2.50. The Morgan fingerprint density at radius 2 is 1.77 bits per heavy atom. The first-order valence-corrected chi connectivity index (χ1v) is 5.96. The minimum absolute atomic E-state index is 0.945. The average molecular weight is 182 g/mol. The second-order valence-corrected chi connectivity index (χ2v) is 4.06. The van der Waals surface area contributed by atoms with Crippen LogP contribution in [0.5, 0.6) is 0 Å². The van der Waals surface area contributed by atoms with Crippen LogP contribution in [-0.4, -0.2) is 0 Å². The third kappa shape index (κ3) is 9.66. The van der Waals surface area contributed by atoms with Gasteiger partial charge in [-0.3, -0.25) is 0 Å². The molecule has 0 saturated carbocycles. The summed E-state index contributed by atoms with van der Waals surface area (Å²) in [7, 11) is 0. The Labute approximate surface area is 84.4 Å². The summed E-state index contributed by atoms with van der Waals surface area (Å²) >= 11 is 0. The molecule has 0 bridgehead atoms. The van der Waals surface area contributed by atoms with Gasteiger partial charge >= 0.3 is 0 Å². The first-order valence-electron chi connectivity index (χ1n) is 5.96. The van der Waals surface area contributed by atoms with E-state index in [0.717, 1.165) is 5.92 Å². The summed E-state index contributed by atoms with van der Waals surface area (Å²) in [5.41, 5.74) is 0. The van der Waals surface area contributed by atoms with E-state index in [2.05, 4.69) is 32.9 Å². The summed E-state index contributed by atoms with van der Waals surface area (Å²) in [6, 6.07) is 0. The van der Waals surface area contributed by atoms with Gasteiger partial charge in [-0.2, -0.15) is 0 Å². The minimum Gasteiger partial charge on any atom is -0.0888 e. The SMILES string of the molecule is CCC=CCCCCC(C)CCC. The highest BCUT2D eigenvalue weighted by Gasteiger charge is 1.98. The predicted molar refractivity (Wildman–Crippen MR) is 62.0 cm³/mol. The zero-order valence-corrected chi connectivity index (χ0v) is 9.68. The first-order chi connectivity index (χ1) is 6.31. The van der Waals surface area contributed by atoms with Gasteiger partial charge < -0.3 is 0 Å². The normalized spacial score (nSPS) is 13.8. The topological polar surface area (TPSA) is 0 Å². The van der Waals surface area contributed by atoms with E-state index >= 15 is 0 Å². The highest BCUT2D eigenvalue weighted by Crippen LogP contribution is 2.14. The lowest BCUT2D eigenvalue weighted by Crippen LogP contribution is -1.93. The van der Waals surface area contributed by atoms with Gasteiger partial charge in [0.1, 0.15) is 0 Å². The van der Waals surface area contributed by atoms with Gasteiger partial charge in [-0.15, -0.1) is 0 Å². The molecule has 0 N–H and O–H groups in total. The average Bonchev–Trinajstić information content (AvgIpc) is 2.11. The van der Waals surface area contributed by atoms with Crippen molar-refractivity contribution >= 4 is 0 Å². The molecule has 0 spiro atoms. The van der Waals surface area contributed by atoms with Crippen molar-refractivity contribution in [2.75, 3.05) is 0 Å². The highest BCUT2D eigenvalue weighted by atomic mass is 14.0. The van der Waals surface area contributed by atoms with Crippen LogP contribution in [0, 0.1) is 5.92 Å². The lowest BCUT2D eigenvalue weighted by atomic mass is 9.99. The summed E-state index contributed by atoms with van der Waals surface area (Å²) in [4.78, 5) is 0. The van der Waals surface area contributed by atoms with Gasteiger partial charge in [0.2, 0.25) is 0 Å². The van der Waals surface area contributed by atoms with E-state index < -0.39 is 0 Å². The van der Waals surface area contributed by atoms with Crippen LogP contribution in [0.1, 0.15) is 65.7 Å². The quantitative estimate of drug-likeness (QED) is 0.368. The number of allylic oxidation sites excluding steroid dienone is 2. The lowest BCUT2D eigenvalue weighted by Gasteiger charge is -2.08. The van der Waals surface area contributed by atoms with Gasteiger partial charge in [0.15, 0.2) is 0 Å². The minimum atomic E-state index is 0.945. The van der Waals surface area contributed by atoms with Crippen LogP contribution >= 0.6 is 0 Å². The monoisotopic (exact) mass is 182 g/mol. The molecule has 1 atom stereocenters. The molecule has 0 fully saturated rings. The summed E-state index contributed by atoms with van der Waals surface area (Å²) in [5.74, 6) is 0.945. The van der Waals surface area contributed by atoms with E-state index in [1.54, 1.807) is 0 Å². The number of rotatable bonds is 8. The van der Waals surface area contributed by atoms with Gasteiger partial charge in [0.25, 0.3) is 0 Å². The molecule has 0 aromatic rings. The van der Waals surface area contributed by atoms with Gasteiger partial charge in [-0.05, 0) is 25.2 Å². The Hall–Kier alpha value is -0.260. The van der Waals surface area contributed by atoms with Crippen molar-refractivity contribution in [1.82, 2.24) is 0 Å². The maximum Gasteiger partial charge on any atom is -0.0351 e. The molecule has 0 aromatic carbocycles. The highest BCUT2D eigenvalue weighted by molar-refractivity contribution is 4.79. The van der Waals surface area contributed by atoms with Crippen molar-refractivity contribution in [2.24, 2.45) is 5.92 Å². The summed E-state index contributed by atoms with van der Waals surface area (Å²) < 4.78 is 0. The molecule has 0 aliphatic heterocycles. The van der Waals surface area contributed by atoms with Crippen LogP contribution in [0.4, 0.5) is 0 Å².